The van der Waals surface area contributed by atoms with Gasteiger partial charge in [-0.25, -0.2) is 0 Å². The lowest BCUT2D eigenvalue weighted by molar-refractivity contribution is -0.139. The van der Waals surface area contributed by atoms with E-state index >= 15 is 0 Å². The summed E-state index contributed by atoms with van der Waals surface area (Å²) >= 11 is 0. The van der Waals surface area contributed by atoms with E-state index in [-0.39, 0.29) is 23.7 Å². The fraction of sp³-hybridized carbons (Fsp3) is 0.600. The molecule has 1 N–H and O–H groups in total. The van der Waals surface area contributed by atoms with Crippen molar-refractivity contribution >= 4 is 11.8 Å². The molecule has 0 radical (unpaired) electrons. The summed E-state index contributed by atoms with van der Waals surface area (Å²) in [6.07, 6.45) is 4.19. The van der Waals surface area contributed by atoms with Crippen molar-refractivity contribution in [2.45, 2.75) is 38.6 Å². The molecular formula is C20H28N2O3. The van der Waals surface area contributed by atoms with Gasteiger partial charge in [-0.05, 0) is 43.2 Å². The quantitative estimate of drug-likeness (QED) is 0.833. The maximum absolute atomic E-state index is 12.9. The summed E-state index contributed by atoms with van der Waals surface area (Å²) in [5.74, 6) is 0.499. The van der Waals surface area contributed by atoms with E-state index in [9.17, 15) is 9.59 Å². The van der Waals surface area contributed by atoms with Gasteiger partial charge in [0, 0.05) is 38.6 Å². The molecule has 0 spiro atoms. The van der Waals surface area contributed by atoms with Crippen LogP contribution in [0.15, 0.2) is 24.3 Å². The lowest BCUT2D eigenvalue weighted by atomic mass is 9.80. The predicted octanol–water partition coefficient (Wildman–Crippen LogP) is 2.14. The highest BCUT2D eigenvalue weighted by molar-refractivity contribution is 5.81. The summed E-state index contributed by atoms with van der Waals surface area (Å²) in [5.41, 5.74) is 2.64. The normalized spacial score (nSPS) is 23.0. The molecule has 1 saturated carbocycles. The fourth-order valence-corrected chi connectivity index (χ4v) is 3.97. The monoisotopic (exact) mass is 344 g/mol. The van der Waals surface area contributed by atoms with Crippen molar-refractivity contribution < 1.29 is 14.3 Å². The van der Waals surface area contributed by atoms with Crippen molar-refractivity contribution in [1.29, 1.82) is 0 Å². The standard InChI is InChI=1S/C20H28N2O3/c1-25-13-11-21-19(23)16-6-8-17(9-7-16)20(24)22-12-10-15-4-2-3-5-18(15)14-22/h2-5,16-17H,6-14H2,1H3,(H,21,23). The SMILES string of the molecule is COCCNC(=O)C1CCC(C(=O)N2CCc3ccccc3C2)CC1. The molecular weight excluding hydrogens is 316 g/mol. The molecule has 1 heterocycles. The highest BCUT2D eigenvalue weighted by Crippen LogP contribution is 2.31. The Balaban J connectivity index is 1.48. The molecule has 3 rings (SSSR count). The summed E-state index contributed by atoms with van der Waals surface area (Å²) in [5, 5.41) is 2.91. The summed E-state index contributed by atoms with van der Waals surface area (Å²) in [6, 6.07) is 8.38. The number of rotatable bonds is 5. The van der Waals surface area contributed by atoms with Gasteiger partial charge in [0.05, 0.1) is 6.61 Å². The van der Waals surface area contributed by atoms with E-state index < -0.39 is 0 Å². The predicted molar refractivity (Wildman–Crippen MR) is 95.9 cm³/mol. The number of benzene rings is 1. The minimum atomic E-state index is 0.0444. The molecule has 5 nitrogen and oxygen atoms in total. The van der Waals surface area contributed by atoms with Crippen molar-refractivity contribution in [2.24, 2.45) is 11.8 Å². The number of nitrogens with zero attached hydrogens (tertiary/aromatic N) is 1. The first-order valence-electron chi connectivity index (χ1n) is 9.31. The Bertz CT molecular complexity index is 609. The fourth-order valence-electron chi connectivity index (χ4n) is 3.97. The minimum Gasteiger partial charge on any atom is -0.383 e. The second-order valence-electron chi connectivity index (χ2n) is 7.11. The second kappa shape index (κ2) is 8.48. The Labute approximate surface area is 149 Å². The van der Waals surface area contributed by atoms with Gasteiger partial charge in [0.1, 0.15) is 0 Å². The van der Waals surface area contributed by atoms with E-state index in [1.165, 1.54) is 11.1 Å². The summed E-state index contributed by atoms with van der Waals surface area (Å²) in [6.45, 7) is 2.64. The van der Waals surface area contributed by atoms with Crippen LogP contribution in [0.25, 0.3) is 0 Å². The van der Waals surface area contributed by atoms with Crippen molar-refractivity contribution in [2.75, 3.05) is 26.8 Å². The number of hydrogen-bond donors (Lipinski definition) is 1. The molecule has 0 atom stereocenters. The molecule has 1 aromatic rings. The summed E-state index contributed by atoms with van der Waals surface area (Å²) < 4.78 is 4.96. The van der Waals surface area contributed by atoms with Crippen LogP contribution in [0.5, 0.6) is 0 Å². The van der Waals surface area contributed by atoms with Crippen LogP contribution in [0.3, 0.4) is 0 Å². The molecule has 1 aliphatic carbocycles. The number of methoxy groups -OCH3 is 1. The smallest absolute Gasteiger partial charge is 0.225 e. The first kappa shape index (κ1) is 17.9. The first-order chi connectivity index (χ1) is 12.2. The Hall–Kier alpha value is -1.88. The topological polar surface area (TPSA) is 58.6 Å². The van der Waals surface area contributed by atoms with Crippen LogP contribution < -0.4 is 5.32 Å². The van der Waals surface area contributed by atoms with E-state index in [1.807, 2.05) is 11.0 Å². The summed E-state index contributed by atoms with van der Waals surface area (Å²) in [7, 11) is 1.63. The average molecular weight is 344 g/mol. The highest BCUT2D eigenvalue weighted by atomic mass is 16.5. The molecule has 0 unspecified atom stereocenters. The molecule has 1 fully saturated rings. The van der Waals surface area contributed by atoms with E-state index in [2.05, 4.69) is 23.5 Å². The molecule has 25 heavy (non-hydrogen) atoms. The number of nitrogens with one attached hydrogen (secondary N) is 1. The Morgan fingerprint density at radius 3 is 2.52 bits per heavy atom. The van der Waals surface area contributed by atoms with Crippen molar-refractivity contribution in [3.05, 3.63) is 35.4 Å². The van der Waals surface area contributed by atoms with Crippen molar-refractivity contribution in [3.8, 4) is 0 Å². The Morgan fingerprint density at radius 1 is 1.12 bits per heavy atom. The van der Waals surface area contributed by atoms with Crippen LogP contribution in [0.1, 0.15) is 36.8 Å². The Morgan fingerprint density at radius 2 is 1.80 bits per heavy atom. The average Bonchev–Trinajstić information content (AvgIpc) is 2.67. The molecule has 0 saturated heterocycles. The first-order valence-corrected chi connectivity index (χ1v) is 9.31. The van der Waals surface area contributed by atoms with Gasteiger partial charge < -0.3 is 15.0 Å². The van der Waals surface area contributed by atoms with Crippen molar-refractivity contribution in [3.63, 3.8) is 0 Å². The molecule has 5 heteroatoms. The lowest BCUT2D eigenvalue weighted by Crippen LogP contribution is -2.42. The van der Waals surface area contributed by atoms with Crippen LogP contribution >= 0.6 is 0 Å². The lowest BCUT2D eigenvalue weighted by Gasteiger charge is -2.34. The van der Waals surface area contributed by atoms with Crippen LogP contribution in [-0.4, -0.2) is 43.5 Å². The molecule has 1 aromatic carbocycles. The van der Waals surface area contributed by atoms with Crippen molar-refractivity contribution in [1.82, 2.24) is 10.2 Å². The van der Waals surface area contributed by atoms with Gasteiger partial charge >= 0.3 is 0 Å². The maximum Gasteiger partial charge on any atom is 0.225 e. The van der Waals surface area contributed by atoms with E-state index in [4.69, 9.17) is 4.74 Å². The minimum absolute atomic E-state index is 0.0444. The van der Waals surface area contributed by atoms with Gasteiger partial charge in [0.25, 0.3) is 0 Å². The zero-order valence-electron chi connectivity index (χ0n) is 15.0. The zero-order valence-corrected chi connectivity index (χ0v) is 15.0. The third-order valence-corrected chi connectivity index (χ3v) is 5.49. The number of carbonyl (C=O) groups excluding carboxylic acids is 2. The molecule has 136 valence electrons. The largest absolute Gasteiger partial charge is 0.383 e. The van der Waals surface area contributed by atoms with Gasteiger partial charge in [-0.1, -0.05) is 24.3 Å². The van der Waals surface area contributed by atoms with Gasteiger partial charge in [-0.15, -0.1) is 0 Å². The summed E-state index contributed by atoms with van der Waals surface area (Å²) in [4.78, 5) is 27.0. The van der Waals surface area contributed by atoms with E-state index in [1.54, 1.807) is 7.11 Å². The highest BCUT2D eigenvalue weighted by Gasteiger charge is 2.33. The van der Waals surface area contributed by atoms with Crippen LogP contribution in [0, 0.1) is 11.8 Å². The van der Waals surface area contributed by atoms with Crippen LogP contribution in [0.2, 0.25) is 0 Å². The van der Waals surface area contributed by atoms with Gasteiger partial charge in [0.2, 0.25) is 11.8 Å². The number of hydrogen-bond acceptors (Lipinski definition) is 3. The third-order valence-electron chi connectivity index (χ3n) is 5.49. The molecule has 2 amide bonds. The Kier molecular flexibility index (Phi) is 6.08. The molecule has 2 aliphatic rings. The van der Waals surface area contributed by atoms with Gasteiger partial charge in [-0.2, -0.15) is 0 Å². The van der Waals surface area contributed by atoms with Gasteiger partial charge in [0.15, 0.2) is 0 Å². The molecule has 0 aromatic heterocycles. The number of fused-ring (bicyclic) bond motifs is 1. The van der Waals surface area contributed by atoms with E-state index in [0.29, 0.717) is 13.2 Å². The number of carbonyl (C=O) groups is 2. The third kappa shape index (κ3) is 4.40. The number of ether oxygens (including phenoxy) is 1. The van der Waals surface area contributed by atoms with Crippen LogP contribution in [-0.2, 0) is 27.3 Å². The zero-order chi connectivity index (χ0) is 17.6. The molecule has 0 bridgehead atoms. The van der Waals surface area contributed by atoms with Crippen LogP contribution in [0.4, 0.5) is 0 Å². The maximum atomic E-state index is 12.9. The molecule has 1 aliphatic heterocycles. The van der Waals surface area contributed by atoms with Gasteiger partial charge in [-0.3, -0.25) is 9.59 Å². The van der Waals surface area contributed by atoms with E-state index in [0.717, 1.165) is 45.2 Å². The number of amides is 2. The second-order valence-corrected chi connectivity index (χ2v) is 7.11.